The maximum Gasteiger partial charge on any atom is 0.316 e. The number of nitrogens with zero attached hydrogens (tertiary/aromatic N) is 1. The molecule has 2 rings (SSSR count). The number of aromatic nitrogens is 1. The summed E-state index contributed by atoms with van der Waals surface area (Å²) in [7, 11) is 0. The fourth-order valence-electron chi connectivity index (χ4n) is 1.50. The van der Waals surface area contributed by atoms with Gasteiger partial charge in [-0.15, -0.1) is 0 Å². The number of carbonyl (C=O) groups is 1. The van der Waals surface area contributed by atoms with E-state index in [0.29, 0.717) is 11.7 Å². The van der Waals surface area contributed by atoms with Gasteiger partial charge in [0, 0.05) is 5.56 Å². The van der Waals surface area contributed by atoms with Crippen molar-refractivity contribution >= 4 is 5.97 Å². The molecule has 0 fully saturated rings. The molecule has 94 valence electrons. The van der Waals surface area contributed by atoms with Crippen LogP contribution in [0.15, 0.2) is 34.9 Å². The Bertz CT molecular complexity index is 567. The summed E-state index contributed by atoms with van der Waals surface area (Å²) >= 11 is 0. The van der Waals surface area contributed by atoms with Crippen LogP contribution in [0.5, 0.6) is 0 Å². The summed E-state index contributed by atoms with van der Waals surface area (Å²) in [5.41, 5.74) is 0.917. The van der Waals surface area contributed by atoms with Crippen LogP contribution in [0.2, 0.25) is 0 Å². The second-order valence-corrected chi connectivity index (χ2v) is 4.83. The van der Waals surface area contributed by atoms with E-state index < -0.39 is 11.4 Å². The van der Waals surface area contributed by atoms with E-state index in [9.17, 15) is 4.79 Å². The Labute approximate surface area is 105 Å². The number of aliphatic carboxylic acids is 1. The summed E-state index contributed by atoms with van der Waals surface area (Å²) in [6, 6.07) is 7.72. The van der Waals surface area contributed by atoms with Gasteiger partial charge in [-0.05, 0) is 32.9 Å². The second-order valence-electron chi connectivity index (χ2n) is 4.83. The third-order valence-corrected chi connectivity index (χ3v) is 2.95. The van der Waals surface area contributed by atoms with Crippen LogP contribution in [0, 0.1) is 6.92 Å². The summed E-state index contributed by atoms with van der Waals surface area (Å²) in [6.45, 7) is 5.18. The molecule has 2 aromatic rings. The lowest BCUT2D eigenvalue weighted by molar-refractivity contribution is -0.143. The number of carboxylic acids is 1. The van der Waals surface area contributed by atoms with Gasteiger partial charge in [0.2, 0.25) is 5.89 Å². The van der Waals surface area contributed by atoms with E-state index in [4.69, 9.17) is 9.52 Å². The molecule has 1 aromatic heterocycles. The van der Waals surface area contributed by atoms with Gasteiger partial charge in [0.25, 0.3) is 0 Å². The molecule has 0 radical (unpaired) electrons. The van der Waals surface area contributed by atoms with Gasteiger partial charge in [-0.3, -0.25) is 4.79 Å². The SMILES string of the molecule is Cc1ccc(-c2ncc(C(C)(C)C(=O)O)o2)cc1. The van der Waals surface area contributed by atoms with Crippen molar-refractivity contribution in [1.82, 2.24) is 4.98 Å². The third-order valence-electron chi connectivity index (χ3n) is 2.95. The number of rotatable bonds is 3. The maximum absolute atomic E-state index is 11.1. The topological polar surface area (TPSA) is 63.3 Å². The molecule has 0 unspecified atom stereocenters. The van der Waals surface area contributed by atoms with Crippen molar-refractivity contribution in [2.45, 2.75) is 26.2 Å². The molecule has 18 heavy (non-hydrogen) atoms. The van der Waals surface area contributed by atoms with Crippen LogP contribution in [-0.4, -0.2) is 16.1 Å². The normalized spacial score (nSPS) is 11.5. The molecule has 1 N–H and O–H groups in total. The van der Waals surface area contributed by atoms with E-state index in [2.05, 4.69) is 4.98 Å². The maximum atomic E-state index is 11.1. The van der Waals surface area contributed by atoms with E-state index in [-0.39, 0.29) is 0 Å². The standard InChI is InChI=1S/C14H15NO3/c1-9-4-6-10(7-5-9)12-15-8-11(18-12)14(2,3)13(16)17/h4-8H,1-3H3,(H,16,17). The molecule has 0 saturated carbocycles. The summed E-state index contributed by atoms with van der Waals surface area (Å²) in [6.07, 6.45) is 1.48. The molecule has 1 heterocycles. The van der Waals surface area contributed by atoms with Gasteiger partial charge in [-0.1, -0.05) is 17.7 Å². The first-order valence-corrected chi connectivity index (χ1v) is 5.68. The van der Waals surface area contributed by atoms with Gasteiger partial charge in [0.15, 0.2) is 0 Å². The van der Waals surface area contributed by atoms with Crippen molar-refractivity contribution in [2.24, 2.45) is 0 Å². The molecule has 0 aliphatic carbocycles. The first-order valence-electron chi connectivity index (χ1n) is 5.68. The monoisotopic (exact) mass is 245 g/mol. The molecule has 0 bridgehead atoms. The Morgan fingerprint density at radius 3 is 2.44 bits per heavy atom. The lowest BCUT2D eigenvalue weighted by Gasteiger charge is -2.14. The zero-order chi connectivity index (χ0) is 13.3. The van der Waals surface area contributed by atoms with Crippen LogP contribution >= 0.6 is 0 Å². The number of carboxylic acid groups (broad SMARTS) is 1. The van der Waals surface area contributed by atoms with Crippen molar-refractivity contribution in [3.8, 4) is 11.5 Å². The molecule has 0 spiro atoms. The molecule has 0 aliphatic rings. The van der Waals surface area contributed by atoms with Crippen molar-refractivity contribution in [2.75, 3.05) is 0 Å². The molecule has 1 aromatic carbocycles. The summed E-state index contributed by atoms with van der Waals surface area (Å²) in [5.74, 6) is -0.140. The summed E-state index contributed by atoms with van der Waals surface area (Å²) < 4.78 is 5.54. The quantitative estimate of drug-likeness (QED) is 0.902. The fraction of sp³-hybridized carbons (Fsp3) is 0.286. The third kappa shape index (κ3) is 2.14. The van der Waals surface area contributed by atoms with Crippen molar-refractivity contribution in [1.29, 1.82) is 0 Å². The van der Waals surface area contributed by atoms with Crippen LogP contribution in [0.1, 0.15) is 25.2 Å². The molecule has 4 nitrogen and oxygen atoms in total. The number of hydrogen-bond acceptors (Lipinski definition) is 3. The molecular weight excluding hydrogens is 230 g/mol. The highest BCUT2D eigenvalue weighted by Gasteiger charge is 2.33. The van der Waals surface area contributed by atoms with Gasteiger partial charge < -0.3 is 9.52 Å². The van der Waals surface area contributed by atoms with E-state index in [1.807, 2.05) is 31.2 Å². The summed E-state index contributed by atoms with van der Waals surface area (Å²) in [4.78, 5) is 15.3. The number of aryl methyl sites for hydroxylation is 1. The van der Waals surface area contributed by atoms with E-state index in [1.165, 1.54) is 6.20 Å². The molecule has 0 amide bonds. The Morgan fingerprint density at radius 1 is 1.28 bits per heavy atom. The number of oxazole rings is 1. The first-order chi connectivity index (χ1) is 8.41. The fourth-order valence-corrected chi connectivity index (χ4v) is 1.50. The van der Waals surface area contributed by atoms with Gasteiger partial charge in [-0.2, -0.15) is 0 Å². The Balaban J connectivity index is 2.37. The number of hydrogen-bond donors (Lipinski definition) is 1. The summed E-state index contributed by atoms with van der Waals surface area (Å²) in [5, 5.41) is 9.12. The zero-order valence-electron chi connectivity index (χ0n) is 10.6. The van der Waals surface area contributed by atoms with Crippen molar-refractivity contribution in [3.05, 3.63) is 41.8 Å². The highest BCUT2D eigenvalue weighted by Crippen LogP contribution is 2.28. The van der Waals surface area contributed by atoms with Crippen LogP contribution in [0.3, 0.4) is 0 Å². The van der Waals surface area contributed by atoms with Gasteiger partial charge in [-0.25, -0.2) is 4.98 Å². The van der Waals surface area contributed by atoms with Gasteiger partial charge >= 0.3 is 5.97 Å². The van der Waals surface area contributed by atoms with E-state index in [0.717, 1.165) is 11.1 Å². The average molecular weight is 245 g/mol. The second kappa shape index (κ2) is 4.29. The Kier molecular flexibility index (Phi) is 2.95. The first kappa shape index (κ1) is 12.4. The van der Waals surface area contributed by atoms with Crippen LogP contribution < -0.4 is 0 Å². The predicted molar refractivity (Wildman–Crippen MR) is 67.3 cm³/mol. The highest BCUT2D eigenvalue weighted by molar-refractivity contribution is 5.79. The minimum Gasteiger partial charge on any atom is -0.481 e. The van der Waals surface area contributed by atoms with Gasteiger partial charge in [0.05, 0.1) is 6.20 Å². The Morgan fingerprint density at radius 2 is 1.89 bits per heavy atom. The molecular formula is C14H15NO3. The van der Waals surface area contributed by atoms with Crippen molar-refractivity contribution in [3.63, 3.8) is 0 Å². The van der Waals surface area contributed by atoms with Crippen LogP contribution in [-0.2, 0) is 10.2 Å². The lowest BCUT2D eigenvalue weighted by Crippen LogP contribution is -2.27. The minimum atomic E-state index is -1.07. The Hall–Kier alpha value is -2.10. The van der Waals surface area contributed by atoms with Crippen LogP contribution in [0.4, 0.5) is 0 Å². The predicted octanol–water partition coefficient (Wildman–Crippen LogP) is 3.01. The minimum absolute atomic E-state index is 0.352. The molecule has 0 atom stereocenters. The van der Waals surface area contributed by atoms with Crippen molar-refractivity contribution < 1.29 is 14.3 Å². The zero-order valence-corrected chi connectivity index (χ0v) is 10.6. The molecule has 0 saturated heterocycles. The average Bonchev–Trinajstić information content (AvgIpc) is 2.79. The van der Waals surface area contributed by atoms with E-state index >= 15 is 0 Å². The van der Waals surface area contributed by atoms with E-state index in [1.54, 1.807) is 13.8 Å². The molecule has 0 aliphatic heterocycles. The van der Waals surface area contributed by atoms with Crippen LogP contribution in [0.25, 0.3) is 11.5 Å². The smallest absolute Gasteiger partial charge is 0.316 e. The lowest BCUT2D eigenvalue weighted by atomic mass is 9.91. The number of benzene rings is 1. The van der Waals surface area contributed by atoms with Gasteiger partial charge in [0.1, 0.15) is 11.2 Å². The largest absolute Gasteiger partial charge is 0.481 e. The highest BCUT2D eigenvalue weighted by atomic mass is 16.4. The molecule has 4 heteroatoms.